The first kappa shape index (κ1) is 15.4. The summed E-state index contributed by atoms with van der Waals surface area (Å²) in [6, 6.07) is 8.57. The molecule has 2 aromatic rings. The van der Waals surface area contributed by atoms with Crippen LogP contribution in [0.4, 0.5) is 5.69 Å². The number of carboxylic acid groups (broad SMARTS) is 1. The highest BCUT2D eigenvalue weighted by atomic mass is 32.2. The summed E-state index contributed by atoms with van der Waals surface area (Å²) in [7, 11) is -3.79. The molecular formula is C16H15NO5S. The van der Waals surface area contributed by atoms with E-state index in [1.54, 1.807) is 12.1 Å². The fourth-order valence-electron chi connectivity index (χ4n) is 2.71. The van der Waals surface area contributed by atoms with E-state index in [1.807, 2.05) is 6.07 Å². The number of fused-ring (bicyclic) bond motifs is 1. The van der Waals surface area contributed by atoms with Gasteiger partial charge in [-0.2, -0.15) is 0 Å². The first-order chi connectivity index (χ1) is 10.9. The van der Waals surface area contributed by atoms with E-state index in [2.05, 4.69) is 4.72 Å². The topological polar surface area (TPSA) is 104 Å². The summed E-state index contributed by atoms with van der Waals surface area (Å²) in [4.78, 5) is 11.0. The zero-order valence-corrected chi connectivity index (χ0v) is 12.9. The van der Waals surface area contributed by atoms with E-state index in [1.165, 1.54) is 11.6 Å². The molecule has 0 atom stereocenters. The molecule has 0 amide bonds. The Kier molecular flexibility index (Phi) is 3.73. The summed E-state index contributed by atoms with van der Waals surface area (Å²) in [6.45, 7) is 0. The largest absolute Gasteiger partial charge is 0.507 e. The molecule has 23 heavy (non-hydrogen) atoms. The van der Waals surface area contributed by atoms with Crippen LogP contribution in [-0.4, -0.2) is 24.6 Å². The van der Waals surface area contributed by atoms with Crippen molar-refractivity contribution in [1.82, 2.24) is 0 Å². The van der Waals surface area contributed by atoms with E-state index in [0.717, 1.165) is 37.0 Å². The summed E-state index contributed by atoms with van der Waals surface area (Å²) in [5, 5.41) is 18.5. The van der Waals surface area contributed by atoms with Gasteiger partial charge in [0, 0.05) is 6.07 Å². The smallest absolute Gasteiger partial charge is 0.339 e. The van der Waals surface area contributed by atoms with Gasteiger partial charge in [0.25, 0.3) is 10.0 Å². The Bertz CT molecular complexity index is 889. The van der Waals surface area contributed by atoms with Gasteiger partial charge in [-0.15, -0.1) is 0 Å². The van der Waals surface area contributed by atoms with Crippen LogP contribution < -0.4 is 4.72 Å². The highest BCUT2D eigenvalue weighted by molar-refractivity contribution is 7.92. The van der Waals surface area contributed by atoms with Crippen molar-refractivity contribution in [3.05, 3.63) is 53.1 Å². The van der Waals surface area contributed by atoms with Crippen LogP contribution in [0.3, 0.4) is 0 Å². The number of carboxylic acids is 1. The predicted octanol–water partition coefficient (Wildman–Crippen LogP) is 2.38. The van der Waals surface area contributed by atoms with Crippen molar-refractivity contribution < 1.29 is 23.4 Å². The molecule has 0 fully saturated rings. The van der Waals surface area contributed by atoms with E-state index in [-0.39, 0.29) is 16.1 Å². The minimum atomic E-state index is -3.79. The molecular weight excluding hydrogens is 318 g/mol. The highest BCUT2D eigenvalue weighted by Crippen LogP contribution is 2.27. The lowest BCUT2D eigenvalue weighted by Crippen LogP contribution is -2.13. The van der Waals surface area contributed by atoms with Crippen LogP contribution in [-0.2, 0) is 22.9 Å². The minimum Gasteiger partial charge on any atom is -0.507 e. The molecule has 0 aliphatic heterocycles. The van der Waals surface area contributed by atoms with E-state index >= 15 is 0 Å². The van der Waals surface area contributed by atoms with Crippen LogP contribution in [0.1, 0.15) is 27.9 Å². The normalized spacial score (nSPS) is 13.6. The molecule has 6 nitrogen and oxygen atoms in total. The molecule has 0 spiro atoms. The van der Waals surface area contributed by atoms with Crippen LogP contribution >= 0.6 is 0 Å². The Balaban J connectivity index is 1.89. The molecule has 0 unspecified atom stereocenters. The molecule has 3 rings (SSSR count). The summed E-state index contributed by atoms with van der Waals surface area (Å²) in [5.74, 6) is -1.78. The number of benzene rings is 2. The molecule has 3 N–H and O–H groups in total. The third-order valence-corrected chi connectivity index (χ3v) is 5.24. The number of phenols is 1. The SMILES string of the molecule is O=C(O)c1ccc(NS(=O)(=O)c2ccc3c(c2)CCC3)cc1O. The molecule has 1 aliphatic rings. The predicted molar refractivity (Wildman–Crippen MR) is 84.3 cm³/mol. The van der Waals surface area contributed by atoms with Gasteiger partial charge in [0.15, 0.2) is 0 Å². The number of carbonyl (C=O) groups is 1. The lowest BCUT2D eigenvalue weighted by atomic mass is 10.1. The van der Waals surface area contributed by atoms with Gasteiger partial charge in [0.1, 0.15) is 11.3 Å². The number of hydrogen-bond donors (Lipinski definition) is 3. The summed E-state index contributed by atoms with van der Waals surface area (Å²) >= 11 is 0. The number of nitrogens with one attached hydrogen (secondary N) is 1. The number of aromatic carboxylic acids is 1. The quantitative estimate of drug-likeness (QED) is 0.797. The van der Waals surface area contributed by atoms with E-state index in [0.29, 0.717) is 0 Å². The molecule has 2 aromatic carbocycles. The van der Waals surface area contributed by atoms with Gasteiger partial charge in [-0.3, -0.25) is 4.72 Å². The van der Waals surface area contributed by atoms with Crippen LogP contribution in [0.2, 0.25) is 0 Å². The molecule has 120 valence electrons. The number of hydrogen-bond acceptors (Lipinski definition) is 4. The monoisotopic (exact) mass is 333 g/mol. The average molecular weight is 333 g/mol. The molecule has 1 aliphatic carbocycles. The Morgan fingerprint density at radius 1 is 1.04 bits per heavy atom. The van der Waals surface area contributed by atoms with Crippen molar-refractivity contribution in [3.63, 3.8) is 0 Å². The van der Waals surface area contributed by atoms with Crippen LogP contribution in [0.5, 0.6) is 5.75 Å². The number of aryl methyl sites for hydroxylation is 2. The number of anilines is 1. The fraction of sp³-hybridized carbons (Fsp3) is 0.188. The summed E-state index contributed by atoms with van der Waals surface area (Å²) < 4.78 is 27.2. The zero-order valence-electron chi connectivity index (χ0n) is 12.1. The molecule has 0 bridgehead atoms. The lowest BCUT2D eigenvalue weighted by Gasteiger charge is -2.10. The van der Waals surface area contributed by atoms with Crippen molar-refractivity contribution in [1.29, 1.82) is 0 Å². The van der Waals surface area contributed by atoms with Crippen molar-refractivity contribution in [2.45, 2.75) is 24.2 Å². The third kappa shape index (κ3) is 3.00. The molecule has 0 heterocycles. The van der Waals surface area contributed by atoms with Gasteiger partial charge >= 0.3 is 5.97 Å². The number of rotatable bonds is 4. The van der Waals surface area contributed by atoms with E-state index < -0.39 is 21.7 Å². The standard InChI is InChI=1S/C16H15NO5S/c18-15-9-12(5-7-14(15)16(19)20)17-23(21,22)13-6-4-10-2-1-3-11(10)8-13/h4-9,17-18H,1-3H2,(H,19,20). The average Bonchev–Trinajstić information content (AvgIpc) is 2.93. The molecule has 0 saturated carbocycles. The Hall–Kier alpha value is -2.54. The van der Waals surface area contributed by atoms with Gasteiger partial charge in [0.2, 0.25) is 0 Å². The van der Waals surface area contributed by atoms with Gasteiger partial charge in [-0.05, 0) is 54.7 Å². The first-order valence-electron chi connectivity index (χ1n) is 7.08. The molecule has 0 radical (unpaired) electrons. The Labute approximate surface area is 133 Å². The van der Waals surface area contributed by atoms with Gasteiger partial charge in [-0.25, -0.2) is 13.2 Å². The second kappa shape index (κ2) is 5.58. The van der Waals surface area contributed by atoms with Crippen molar-refractivity contribution in [2.24, 2.45) is 0 Å². The zero-order chi connectivity index (χ0) is 16.6. The summed E-state index contributed by atoms with van der Waals surface area (Å²) in [6.07, 6.45) is 2.86. The van der Waals surface area contributed by atoms with Crippen molar-refractivity contribution in [3.8, 4) is 5.75 Å². The highest BCUT2D eigenvalue weighted by Gasteiger charge is 2.19. The molecule has 0 saturated heterocycles. The summed E-state index contributed by atoms with van der Waals surface area (Å²) in [5.41, 5.74) is 2.03. The van der Waals surface area contributed by atoms with Crippen LogP contribution in [0.15, 0.2) is 41.3 Å². The molecule has 7 heteroatoms. The number of aromatic hydroxyl groups is 1. The lowest BCUT2D eigenvalue weighted by molar-refractivity contribution is 0.0694. The van der Waals surface area contributed by atoms with E-state index in [9.17, 15) is 18.3 Å². The van der Waals surface area contributed by atoms with Gasteiger partial charge < -0.3 is 10.2 Å². The second-order valence-corrected chi connectivity index (χ2v) is 7.11. The van der Waals surface area contributed by atoms with Crippen LogP contribution in [0, 0.1) is 0 Å². The Morgan fingerprint density at radius 2 is 1.78 bits per heavy atom. The maximum atomic E-state index is 12.4. The van der Waals surface area contributed by atoms with E-state index in [4.69, 9.17) is 5.11 Å². The van der Waals surface area contributed by atoms with Crippen LogP contribution in [0.25, 0.3) is 0 Å². The van der Waals surface area contributed by atoms with Gasteiger partial charge in [-0.1, -0.05) is 6.07 Å². The van der Waals surface area contributed by atoms with Crippen molar-refractivity contribution in [2.75, 3.05) is 4.72 Å². The minimum absolute atomic E-state index is 0.105. The maximum Gasteiger partial charge on any atom is 0.339 e. The first-order valence-corrected chi connectivity index (χ1v) is 8.56. The number of sulfonamides is 1. The maximum absolute atomic E-state index is 12.4. The second-order valence-electron chi connectivity index (χ2n) is 5.43. The van der Waals surface area contributed by atoms with Crippen molar-refractivity contribution >= 4 is 21.7 Å². The van der Waals surface area contributed by atoms with Gasteiger partial charge in [0.05, 0.1) is 10.6 Å². The Morgan fingerprint density at radius 3 is 2.48 bits per heavy atom. The molecule has 0 aromatic heterocycles. The third-order valence-electron chi connectivity index (χ3n) is 3.86. The fourth-order valence-corrected chi connectivity index (χ4v) is 3.81.